The van der Waals surface area contributed by atoms with E-state index in [9.17, 15) is 4.21 Å². The molecule has 1 rings (SSSR count). The summed E-state index contributed by atoms with van der Waals surface area (Å²) in [5, 5.41) is 3.31. The van der Waals surface area contributed by atoms with Gasteiger partial charge in [-0.1, -0.05) is 0 Å². The minimum Gasteiger partial charge on any atom is -0.399 e. The van der Waals surface area contributed by atoms with Gasteiger partial charge in [0.05, 0.1) is 0 Å². The number of hydrogen-bond acceptors (Lipinski definition) is 3. The molecule has 0 aromatic heterocycles. The molecule has 0 fully saturated rings. The zero-order chi connectivity index (χ0) is 11.3. The number of rotatable bonds is 5. The summed E-state index contributed by atoms with van der Waals surface area (Å²) in [6.07, 6.45) is 2.65. The van der Waals surface area contributed by atoms with Crippen molar-refractivity contribution in [1.82, 2.24) is 0 Å². The van der Waals surface area contributed by atoms with E-state index in [-0.39, 0.29) is 0 Å². The zero-order valence-electron chi connectivity index (χ0n) is 9.25. The Hall–Kier alpha value is -1.03. The maximum Gasteiger partial charge on any atom is 0.0371 e. The van der Waals surface area contributed by atoms with Gasteiger partial charge in [0.2, 0.25) is 0 Å². The SMILES string of the molecule is Cc1cc(N)ccc1NCCCS(C)=O. The zero-order valence-corrected chi connectivity index (χ0v) is 10.1. The number of aryl methyl sites for hydroxylation is 1. The lowest BCUT2D eigenvalue weighted by Crippen LogP contribution is -2.07. The highest BCUT2D eigenvalue weighted by atomic mass is 32.2. The summed E-state index contributed by atoms with van der Waals surface area (Å²) in [7, 11) is -0.692. The van der Waals surface area contributed by atoms with Crippen molar-refractivity contribution < 1.29 is 4.21 Å². The second-order valence-electron chi connectivity index (χ2n) is 3.63. The molecule has 0 aliphatic carbocycles. The van der Waals surface area contributed by atoms with Gasteiger partial charge in [-0.25, -0.2) is 0 Å². The normalized spacial score (nSPS) is 12.4. The van der Waals surface area contributed by atoms with Gasteiger partial charge in [0.15, 0.2) is 0 Å². The molecule has 1 atom stereocenters. The van der Waals surface area contributed by atoms with Gasteiger partial charge in [-0.15, -0.1) is 0 Å². The van der Waals surface area contributed by atoms with Crippen LogP contribution in [0.1, 0.15) is 12.0 Å². The fourth-order valence-electron chi connectivity index (χ4n) is 1.38. The number of nitrogen functional groups attached to an aromatic ring is 1. The predicted octanol–water partition coefficient (Wildman–Crippen LogP) is 1.76. The van der Waals surface area contributed by atoms with Gasteiger partial charge in [0.25, 0.3) is 0 Å². The van der Waals surface area contributed by atoms with Crippen LogP contribution in [0.2, 0.25) is 0 Å². The largest absolute Gasteiger partial charge is 0.399 e. The minimum absolute atomic E-state index is 0.692. The van der Waals surface area contributed by atoms with Crippen LogP contribution in [-0.2, 0) is 10.8 Å². The molecule has 0 amide bonds. The molecular formula is C11H18N2OS. The van der Waals surface area contributed by atoms with Crippen LogP contribution in [0.4, 0.5) is 11.4 Å². The van der Waals surface area contributed by atoms with E-state index in [1.54, 1.807) is 6.26 Å². The third kappa shape index (κ3) is 4.34. The van der Waals surface area contributed by atoms with E-state index in [0.29, 0.717) is 0 Å². The molecule has 3 N–H and O–H groups in total. The fourth-order valence-corrected chi connectivity index (χ4v) is 1.93. The van der Waals surface area contributed by atoms with Crippen LogP contribution in [0, 0.1) is 6.92 Å². The van der Waals surface area contributed by atoms with Gasteiger partial charge in [-0.05, 0) is 37.1 Å². The van der Waals surface area contributed by atoms with Crippen molar-refractivity contribution in [3.05, 3.63) is 23.8 Å². The van der Waals surface area contributed by atoms with Gasteiger partial charge in [0.1, 0.15) is 0 Å². The van der Waals surface area contributed by atoms with Crippen LogP contribution in [0.15, 0.2) is 18.2 Å². The molecule has 84 valence electrons. The highest BCUT2D eigenvalue weighted by molar-refractivity contribution is 7.84. The number of nitrogens with one attached hydrogen (secondary N) is 1. The topological polar surface area (TPSA) is 55.1 Å². The second kappa shape index (κ2) is 5.75. The molecule has 0 saturated carbocycles. The number of hydrogen-bond donors (Lipinski definition) is 2. The first-order chi connectivity index (χ1) is 7.09. The van der Waals surface area contributed by atoms with Crippen molar-refractivity contribution in [2.45, 2.75) is 13.3 Å². The first-order valence-corrected chi connectivity index (χ1v) is 6.72. The first kappa shape index (κ1) is 12.0. The summed E-state index contributed by atoms with van der Waals surface area (Å²) >= 11 is 0. The average molecular weight is 226 g/mol. The molecule has 0 bridgehead atoms. The van der Waals surface area contributed by atoms with E-state index in [2.05, 4.69) is 5.32 Å². The van der Waals surface area contributed by atoms with Crippen LogP contribution in [-0.4, -0.2) is 22.8 Å². The Kier molecular flexibility index (Phi) is 4.62. The van der Waals surface area contributed by atoms with E-state index in [1.165, 1.54) is 0 Å². The lowest BCUT2D eigenvalue weighted by molar-refractivity contribution is 0.685. The Morgan fingerprint density at radius 3 is 2.80 bits per heavy atom. The molecular weight excluding hydrogens is 208 g/mol. The number of benzene rings is 1. The van der Waals surface area contributed by atoms with Crippen LogP contribution in [0.5, 0.6) is 0 Å². The van der Waals surface area contributed by atoms with Crippen molar-refractivity contribution in [1.29, 1.82) is 0 Å². The van der Waals surface area contributed by atoms with Crippen molar-refractivity contribution in [3.8, 4) is 0 Å². The predicted molar refractivity (Wildman–Crippen MR) is 67.6 cm³/mol. The molecule has 0 saturated heterocycles. The molecule has 4 heteroatoms. The van der Waals surface area contributed by atoms with Gasteiger partial charge in [-0.3, -0.25) is 4.21 Å². The molecule has 1 aromatic rings. The highest BCUT2D eigenvalue weighted by Gasteiger charge is 1.98. The maximum absolute atomic E-state index is 10.8. The van der Waals surface area contributed by atoms with E-state index in [1.807, 2.05) is 25.1 Å². The summed E-state index contributed by atoms with van der Waals surface area (Å²) in [6, 6.07) is 5.81. The van der Waals surface area contributed by atoms with Crippen LogP contribution in [0.3, 0.4) is 0 Å². The Bertz CT molecular complexity index is 352. The summed E-state index contributed by atoms with van der Waals surface area (Å²) < 4.78 is 10.8. The Morgan fingerprint density at radius 1 is 1.47 bits per heavy atom. The molecule has 0 radical (unpaired) electrons. The number of nitrogens with two attached hydrogens (primary N) is 1. The molecule has 3 nitrogen and oxygen atoms in total. The average Bonchev–Trinajstić information content (AvgIpc) is 2.14. The smallest absolute Gasteiger partial charge is 0.0371 e. The summed E-state index contributed by atoms with van der Waals surface area (Å²) in [6.45, 7) is 2.88. The molecule has 1 aromatic carbocycles. The van der Waals surface area contributed by atoms with E-state index in [4.69, 9.17) is 5.73 Å². The molecule has 1 unspecified atom stereocenters. The van der Waals surface area contributed by atoms with E-state index >= 15 is 0 Å². The second-order valence-corrected chi connectivity index (χ2v) is 5.19. The van der Waals surface area contributed by atoms with E-state index < -0.39 is 10.8 Å². The molecule has 0 heterocycles. The van der Waals surface area contributed by atoms with Crippen molar-refractivity contribution in [2.24, 2.45) is 0 Å². The molecule has 0 aliphatic heterocycles. The summed E-state index contributed by atoms with van der Waals surface area (Å²) in [4.78, 5) is 0. The first-order valence-electron chi connectivity index (χ1n) is 4.99. The van der Waals surface area contributed by atoms with Gasteiger partial charge >= 0.3 is 0 Å². The molecule has 0 spiro atoms. The van der Waals surface area contributed by atoms with Crippen LogP contribution < -0.4 is 11.1 Å². The highest BCUT2D eigenvalue weighted by Crippen LogP contribution is 2.17. The van der Waals surface area contributed by atoms with E-state index in [0.717, 1.165) is 35.7 Å². The maximum atomic E-state index is 10.8. The number of anilines is 2. The third-order valence-electron chi connectivity index (χ3n) is 2.17. The van der Waals surface area contributed by atoms with Crippen molar-refractivity contribution >= 4 is 22.2 Å². The Morgan fingerprint density at radius 2 is 2.20 bits per heavy atom. The standard InChI is InChI=1S/C11H18N2OS/c1-9-8-10(12)4-5-11(9)13-6-3-7-15(2)14/h4-5,8,13H,3,6-7,12H2,1-2H3. The Balaban J connectivity index is 2.40. The monoisotopic (exact) mass is 226 g/mol. The van der Waals surface area contributed by atoms with Crippen molar-refractivity contribution in [2.75, 3.05) is 29.6 Å². The van der Waals surface area contributed by atoms with Crippen LogP contribution >= 0.6 is 0 Å². The fraction of sp³-hybridized carbons (Fsp3) is 0.455. The summed E-state index contributed by atoms with van der Waals surface area (Å²) in [5.41, 5.74) is 8.69. The third-order valence-corrected chi connectivity index (χ3v) is 3.04. The lowest BCUT2D eigenvalue weighted by Gasteiger charge is -2.09. The van der Waals surface area contributed by atoms with Gasteiger partial charge < -0.3 is 11.1 Å². The van der Waals surface area contributed by atoms with Crippen molar-refractivity contribution in [3.63, 3.8) is 0 Å². The molecule has 15 heavy (non-hydrogen) atoms. The molecule has 0 aliphatic rings. The lowest BCUT2D eigenvalue weighted by atomic mass is 10.2. The van der Waals surface area contributed by atoms with Gasteiger partial charge in [0, 0.05) is 40.7 Å². The van der Waals surface area contributed by atoms with Crippen LogP contribution in [0.25, 0.3) is 0 Å². The Labute approximate surface area is 93.5 Å². The van der Waals surface area contributed by atoms with Gasteiger partial charge in [-0.2, -0.15) is 0 Å². The quantitative estimate of drug-likeness (QED) is 0.594. The minimum atomic E-state index is -0.692. The summed E-state index contributed by atoms with van der Waals surface area (Å²) in [5.74, 6) is 0.751.